The van der Waals surface area contributed by atoms with E-state index in [1.165, 1.54) is 12.2 Å². The summed E-state index contributed by atoms with van der Waals surface area (Å²) in [6, 6.07) is 8.93. The normalized spacial score (nSPS) is 9.40. The minimum Gasteiger partial charge on any atom is -0.275 e. The van der Waals surface area contributed by atoms with Crippen LogP contribution in [0.15, 0.2) is 24.3 Å². The summed E-state index contributed by atoms with van der Waals surface area (Å²) in [5, 5.41) is 9.77. The van der Waals surface area contributed by atoms with Gasteiger partial charge in [0.15, 0.2) is 0 Å². The predicted octanol–water partition coefficient (Wildman–Crippen LogP) is 1.12. The van der Waals surface area contributed by atoms with E-state index in [1.807, 2.05) is 6.07 Å². The van der Waals surface area contributed by atoms with E-state index in [9.17, 15) is 4.79 Å². The molecule has 0 unspecified atom stereocenters. The lowest BCUT2D eigenvalue weighted by molar-refractivity contribution is -0.167. The fourth-order valence-electron chi connectivity index (χ4n) is 1.08. The number of nitrogens with zero attached hydrogens (tertiary/aromatic N) is 2. The molecule has 1 aromatic carbocycles. The second-order valence-corrected chi connectivity index (χ2v) is 3.06. The van der Waals surface area contributed by atoms with Gasteiger partial charge in [0.2, 0.25) is 5.91 Å². The van der Waals surface area contributed by atoms with Crippen molar-refractivity contribution in [3.8, 4) is 6.07 Å². The third kappa shape index (κ3) is 3.08. The first-order chi connectivity index (χ1) is 7.17. The number of amides is 1. The van der Waals surface area contributed by atoms with Crippen LogP contribution in [-0.4, -0.2) is 25.1 Å². The second kappa shape index (κ2) is 5.13. The Kier molecular flexibility index (Phi) is 3.83. The van der Waals surface area contributed by atoms with Crippen LogP contribution in [0.4, 0.5) is 0 Å². The monoisotopic (exact) mass is 204 g/mol. The largest absolute Gasteiger partial charge is 0.275 e. The second-order valence-electron chi connectivity index (χ2n) is 3.06. The summed E-state index contributed by atoms with van der Waals surface area (Å²) in [7, 11) is 3.00. The number of benzene rings is 1. The highest BCUT2D eigenvalue weighted by Crippen LogP contribution is 2.05. The molecule has 0 atom stereocenters. The minimum atomic E-state index is -0.123. The molecule has 0 aliphatic rings. The summed E-state index contributed by atoms with van der Waals surface area (Å²) in [5.74, 6) is -0.123. The van der Waals surface area contributed by atoms with E-state index in [-0.39, 0.29) is 12.3 Å². The van der Waals surface area contributed by atoms with Gasteiger partial charge in [-0.15, -0.1) is 0 Å². The average Bonchev–Trinajstić information content (AvgIpc) is 2.29. The minimum absolute atomic E-state index is 0.123. The molecule has 15 heavy (non-hydrogen) atoms. The predicted molar refractivity (Wildman–Crippen MR) is 54.6 cm³/mol. The summed E-state index contributed by atoms with van der Waals surface area (Å²) in [6.07, 6.45) is 0.274. The highest BCUT2D eigenvalue weighted by molar-refractivity contribution is 5.77. The zero-order valence-electron chi connectivity index (χ0n) is 8.73. The maximum Gasteiger partial charge on any atom is 0.250 e. The van der Waals surface area contributed by atoms with Crippen molar-refractivity contribution in [1.29, 1.82) is 5.26 Å². The Balaban J connectivity index is 2.66. The lowest BCUT2D eigenvalue weighted by Gasteiger charge is -2.13. The Morgan fingerprint density at radius 1 is 1.47 bits per heavy atom. The molecule has 0 saturated heterocycles. The van der Waals surface area contributed by atoms with Crippen LogP contribution in [0.3, 0.4) is 0 Å². The SMILES string of the molecule is CON(C)C(=O)Cc1ccc(C#N)cc1. The van der Waals surface area contributed by atoms with Crippen LogP contribution in [0.1, 0.15) is 11.1 Å². The van der Waals surface area contributed by atoms with E-state index in [0.717, 1.165) is 5.56 Å². The molecule has 0 bridgehead atoms. The highest BCUT2D eigenvalue weighted by atomic mass is 16.7. The average molecular weight is 204 g/mol. The van der Waals surface area contributed by atoms with Gasteiger partial charge >= 0.3 is 0 Å². The maximum absolute atomic E-state index is 11.4. The molecule has 1 amide bonds. The van der Waals surface area contributed by atoms with Crippen molar-refractivity contribution >= 4 is 5.91 Å². The first kappa shape index (κ1) is 11.2. The summed E-state index contributed by atoms with van der Waals surface area (Å²) in [6.45, 7) is 0. The number of hydroxylamine groups is 2. The lowest BCUT2D eigenvalue weighted by Crippen LogP contribution is -2.26. The van der Waals surface area contributed by atoms with Crippen LogP contribution >= 0.6 is 0 Å². The number of carbonyl (C=O) groups excluding carboxylic acids is 1. The van der Waals surface area contributed by atoms with E-state index < -0.39 is 0 Å². The van der Waals surface area contributed by atoms with Crippen LogP contribution in [0.2, 0.25) is 0 Å². The van der Waals surface area contributed by atoms with Gasteiger partial charge in [0, 0.05) is 7.05 Å². The van der Waals surface area contributed by atoms with Crippen molar-refractivity contribution in [2.24, 2.45) is 0 Å². The number of nitriles is 1. The molecule has 0 fully saturated rings. The van der Waals surface area contributed by atoms with Gasteiger partial charge in [-0.1, -0.05) is 12.1 Å². The molecule has 0 heterocycles. The highest BCUT2D eigenvalue weighted by Gasteiger charge is 2.08. The van der Waals surface area contributed by atoms with Crippen LogP contribution < -0.4 is 0 Å². The van der Waals surface area contributed by atoms with Crippen LogP contribution in [0.25, 0.3) is 0 Å². The van der Waals surface area contributed by atoms with Crippen molar-refractivity contribution in [1.82, 2.24) is 5.06 Å². The Morgan fingerprint density at radius 2 is 2.07 bits per heavy atom. The van der Waals surface area contributed by atoms with Gasteiger partial charge in [0.25, 0.3) is 0 Å². The van der Waals surface area contributed by atoms with Gasteiger partial charge in [-0.25, -0.2) is 5.06 Å². The third-order valence-corrected chi connectivity index (χ3v) is 2.06. The molecule has 0 saturated carbocycles. The summed E-state index contributed by atoms with van der Waals surface area (Å²) in [4.78, 5) is 16.2. The zero-order valence-corrected chi connectivity index (χ0v) is 8.73. The summed E-state index contributed by atoms with van der Waals surface area (Å²) < 4.78 is 0. The summed E-state index contributed by atoms with van der Waals surface area (Å²) in [5.41, 5.74) is 1.45. The molecule has 0 aliphatic carbocycles. The van der Waals surface area contributed by atoms with Crippen molar-refractivity contribution in [3.05, 3.63) is 35.4 Å². The third-order valence-electron chi connectivity index (χ3n) is 2.06. The maximum atomic E-state index is 11.4. The van der Waals surface area contributed by atoms with Crippen molar-refractivity contribution in [2.75, 3.05) is 14.2 Å². The number of hydrogen-bond donors (Lipinski definition) is 0. The van der Waals surface area contributed by atoms with Gasteiger partial charge in [-0.2, -0.15) is 5.26 Å². The Labute approximate surface area is 88.6 Å². The van der Waals surface area contributed by atoms with Crippen LogP contribution in [0.5, 0.6) is 0 Å². The van der Waals surface area contributed by atoms with Crippen molar-refractivity contribution < 1.29 is 9.63 Å². The Bertz CT molecular complexity index is 379. The molecule has 4 heteroatoms. The van der Waals surface area contributed by atoms with Gasteiger partial charge in [0.05, 0.1) is 25.2 Å². The molecular weight excluding hydrogens is 192 g/mol. The molecule has 78 valence electrons. The number of likely N-dealkylation sites (N-methyl/N-ethyl adjacent to an activating group) is 1. The summed E-state index contributed by atoms with van der Waals surface area (Å²) >= 11 is 0. The molecule has 0 N–H and O–H groups in total. The van der Waals surface area contributed by atoms with Crippen LogP contribution in [0, 0.1) is 11.3 Å². The molecule has 0 aromatic heterocycles. The molecular formula is C11H12N2O2. The quantitative estimate of drug-likeness (QED) is 0.693. The zero-order chi connectivity index (χ0) is 11.3. The number of rotatable bonds is 3. The van der Waals surface area contributed by atoms with E-state index in [1.54, 1.807) is 31.3 Å². The van der Waals surface area contributed by atoms with Crippen molar-refractivity contribution in [3.63, 3.8) is 0 Å². The Morgan fingerprint density at radius 3 is 2.53 bits per heavy atom. The fourth-order valence-corrected chi connectivity index (χ4v) is 1.08. The number of hydrogen-bond acceptors (Lipinski definition) is 3. The molecule has 4 nitrogen and oxygen atoms in total. The molecule has 0 aliphatic heterocycles. The van der Waals surface area contributed by atoms with Crippen LogP contribution in [-0.2, 0) is 16.1 Å². The fraction of sp³-hybridized carbons (Fsp3) is 0.273. The van der Waals surface area contributed by atoms with Gasteiger partial charge in [-0.3, -0.25) is 9.63 Å². The van der Waals surface area contributed by atoms with E-state index in [2.05, 4.69) is 0 Å². The smallest absolute Gasteiger partial charge is 0.250 e. The topological polar surface area (TPSA) is 53.3 Å². The first-order valence-electron chi connectivity index (χ1n) is 4.47. The van der Waals surface area contributed by atoms with E-state index in [0.29, 0.717) is 5.56 Å². The van der Waals surface area contributed by atoms with Gasteiger partial charge < -0.3 is 0 Å². The molecule has 1 aromatic rings. The molecule has 0 radical (unpaired) electrons. The van der Waals surface area contributed by atoms with Crippen molar-refractivity contribution in [2.45, 2.75) is 6.42 Å². The first-order valence-corrected chi connectivity index (χ1v) is 4.47. The number of carbonyl (C=O) groups is 1. The lowest BCUT2D eigenvalue weighted by atomic mass is 10.1. The molecule has 1 rings (SSSR count). The standard InChI is InChI=1S/C11H12N2O2/c1-13(15-2)11(14)7-9-3-5-10(8-12)6-4-9/h3-6H,7H2,1-2H3. The van der Waals surface area contributed by atoms with E-state index >= 15 is 0 Å². The van der Waals surface area contributed by atoms with Gasteiger partial charge in [0.1, 0.15) is 0 Å². The van der Waals surface area contributed by atoms with Gasteiger partial charge in [-0.05, 0) is 17.7 Å². The molecule has 0 spiro atoms. The Hall–Kier alpha value is -1.86. The van der Waals surface area contributed by atoms with E-state index in [4.69, 9.17) is 10.1 Å².